The lowest BCUT2D eigenvalue weighted by molar-refractivity contribution is 0.548. The van der Waals surface area contributed by atoms with Gasteiger partial charge in [-0.25, -0.2) is 4.98 Å². The molecule has 0 aliphatic carbocycles. The molecule has 0 radical (unpaired) electrons. The Balaban J connectivity index is 2.35. The second-order valence-corrected chi connectivity index (χ2v) is 3.62. The van der Waals surface area contributed by atoms with Crippen molar-refractivity contribution < 1.29 is 4.42 Å². The van der Waals surface area contributed by atoms with Crippen LogP contribution in [-0.2, 0) is 6.54 Å². The van der Waals surface area contributed by atoms with Gasteiger partial charge in [0, 0.05) is 11.9 Å². The van der Waals surface area contributed by atoms with Crippen molar-refractivity contribution in [2.75, 3.05) is 0 Å². The number of nitrogens with zero attached hydrogens (tertiary/aromatic N) is 1. The van der Waals surface area contributed by atoms with Gasteiger partial charge in [-0.1, -0.05) is 0 Å². The number of thiazole rings is 1. The Morgan fingerprint density at radius 2 is 2.38 bits per heavy atom. The van der Waals surface area contributed by atoms with E-state index >= 15 is 0 Å². The number of aromatic nitrogens is 1. The normalized spacial score (nSPS) is 10.6. The third-order valence-electron chi connectivity index (χ3n) is 1.71. The predicted molar refractivity (Wildman–Crippen MR) is 52.4 cm³/mol. The van der Waals surface area contributed by atoms with Crippen LogP contribution in [0.15, 0.2) is 21.9 Å². The average Bonchev–Trinajstić information content (AvgIpc) is 2.71. The van der Waals surface area contributed by atoms with Gasteiger partial charge in [0.2, 0.25) is 0 Å². The molecule has 13 heavy (non-hydrogen) atoms. The molecular formula is C9H10N2OS. The van der Waals surface area contributed by atoms with Crippen LogP contribution in [0.2, 0.25) is 0 Å². The first-order valence-corrected chi connectivity index (χ1v) is 4.89. The largest absolute Gasteiger partial charge is 0.459 e. The highest BCUT2D eigenvalue weighted by molar-refractivity contribution is 7.13. The minimum absolute atomic E-state index is 0.482. The molecule has 4 heteroatoms. The number of rotatable bonds is 2. The molecule has 0 spiro atoms. The van der Waals surface area contributed by atoms with E-state index in [9.17, 15) is 0 Å². The van der Waals surface area contributed by atoms with Gasteiger partial charge in [-0.2, -0.15) is 0 Å². The Morgan fingerprint density at radius 1 is 1.54 bits per heavy atom. The van der Waals surface area contributed by atoms with Gasteiger partial charge in [0.25, 0.3) is 0 Å². The highest BCUT2D eigenvalue weighted by atomic mass is 32.1. The summed E-state index contributed by atoms with van der Waals surface area (Å²) in [5, 5.41) is 2.85. The van der Waals surface area contributed by atoms with Crippen molar-refractivity contribution in [3.8, 4) is 10.8 Å². The fraction of sp³-hybridized carbons (Fsp3) is 0.222. The molecule has 2 rings (SSSR count). The summed E-state index contributed by atoms with van der Waals surface area (Å²) in [5.41, 5.74) is 6.37. The van der Waals surface area contributed by atoms with Crippen LogP contribution in [-0.4, -0.2) is 4.98 Å². The molecule has 0 saturated carbocycles. The van der Waals surface area contributed by atoms with Crippen molar-refractivity contribution in [3.63, 3.8) is 0 Å². The third kappa shape index (κ3) is 1.64. The number of furan rings is 1. The van der Waals surface area contributed by atoms with Crippen LogP contribution < -0.4 is 5.73 Å². The van der Waals surface area contributed by atoms with Crippen LogP contribution in [0.1, 0.15) is 11.5 Å². The van der Waals surface area contributed by atoms with E-state index in [4.69, 9.17) is 10.2 Å². The predicted octanol–water partition coefficient (Wildman–Crippen LogP) is 2.17. The molecule has 2 N–H and O–H groups in total. The molecule has 0 fully saturated rings. The maximum Gasteiger partial charge on any atom is 0.162 e. The lowest BCUT2D eigenvalue weighted by atomic mass is 10.4. The van der Waals surface area contributed by atoms with Crippen LogP contribution in [0.25, 0.3) is 10.8 Å². The van der Waals surface area contributed by atoms with Crippen molar-refractivity contribution in [2.45, 2.75) is 13.5 Å². The minimum atomic E-state index is 0.482. The smallest absolute Gasteiger partial charge is 0.162 e. The molecule has 2 aromatic rings. The maximum atomic E-state index is 5.46. The van der Waals surface area contributed by atoms with Gasteiger partial charge in [0.1, 0.15) is 5.76 Å². The van der Waals surface area contributed by atoms with Crippen LogP contribution in [0, 0.1) is 6.92 Å². The van der Waals surface area contributed by atoms with Crippen LogP contribution in [0.5, 0.6) is 0 Å². The zero-order valence-electron chi connectivity index (χ0n) is 7.28. The molecule has 0 atom stereocenters. The van der Waals surface area contributed by atoms with E-state index in [2.05, 4.69) is 4.98 Å². The van der Waals surface area contributed by atoms with E-state index in [-0.39, 0.29) is 0 Å². The van der Waals surface area contributed by atoms with E-state index in [1.807, 2.05) is 24.4 Å². The fourth-order valence-electron chi connectivity index (χ4n) is 1.06. The summed E-state index contributed by atoms with van der Waals surface area (Å²) < 4.78 is 5.43. The van der Waals surface area contributed by atoms with Gasteiger partial charge < -0.3 is 10.2 Å². The molecule has 0 amide bonds. The summed E-state index contributed by atoms with van der Waals surface area (Å²) in [6.07, 6.45) is 0. The number of aryl methyl sites for hydroxylation is 1. The Hall–Kier alpha value is -1.13. The molecular weight excluding hydrogens is 184 g/mol. The molecule has 2 aromatic heterocycles. The molecule has 0 aromatic carbocycles. The average molecular weight is 194 g/mol. The van der Waals surface area contributed by atoms with Crippen LogP contribution in [0.4, 0.5) is 0 Å². The van der Waals surface area contributed by atoms with Gasteiger partial charge >= 0.3 is 0 Å². The SMILES string of the molecule is Cc1ccc(-c2nc(CN)cs2)o1. The van der Waals surface area contributed by atoms with E-state index in [0.717, 1.165) is 22.2 Å². The quantitative estimate of drug-likeness (QED) is 0.797. The number of nitrogens with two attached hydrogens (primary N) is 1. The lowest BCUT2D eigenvalue weighted by Crippen LogP contribution is -1.95. The van der Waals surface area contributed by atoms with Gasteiger partial charge in [0.15, 0.2) is 10.8 Å². The van der Waals surface area contributed by atoms with Gasteiger partial charge in [0.05, 0.1) is 5.69 Å². The van der Waals surface area contributed by atoms with Crippen molar-refractivity contribution in [2.24, 2.45) is 5.73 Å². The Morgan fingerprint density at radius 3 is 2.92 bits per heavy atom. The molecule has 0 saturated heterocycles. The molecule has 0 bridgehead atoms. The number of hydrogen-bond donors (Lipinski definition) is 1. The lowest BCUT2D eigenvalue weighted by Gasteiger charge is -1.87. The highest BCUT2D eigenvalue weighted by Crippen LogP contribution is 2.25. The topological polar surface area (TPSA) is 52.0 Å². The van der Waals surface area contributed by atoms with Gasteiger partial charge in [-0.15, -0.1) is 11.3 Å². The Kier molecular flexibility index (Phi) is 2.16. The minimum Gasteiger partial charge on any atom is -0.459 e. The third-order valence-corrected chi connectivity index (χ3v) is 2.62. The van der Waals surface area contributed by atoms with Crippen molar-refractivity contribution in [1.82, 2.24) is 4.98 Å². The zero-order valence-corrected chi connectivity index (χ0v) is 8.10. The molecule has 2 heterocycles. The van der Waals surface area contributed by atoms with E-state index in [0.29, 0.717) is 6.54 Å². The van der Waals surface area contributed by atoms with Crippen molar-refractivity contribution in [3.05, 3.63) is 29.0 Å². The molecule has 68 valence electrons. The summed E-state index contributed by atoms with van der Waals surface area (Å²) in [6, 6.07) is 3.85. The summed E-state index contributed by atoms with van der Waals surface area (Å²) in [7, 11) is 0. The van der Waals surface area contributed by atoms with E-state index < -0.39 is 0 Å². The fourth-order valence-corrected chi connectivity index (χ4v) is 1.86. The summed E-state index contributed by atoms with van der Waals surface area (Å²) >= 11 is 1.56. The number of hydrogen-bond acceptors (Lipinski definition) is 4. The second kappa shape index (κ2) is 3.32. The van der Waals surface area contributed by atoms with Crippen LogP contribution in [0.3, 0.4) is 0 Å². The summed E-state index contributed by atoms with van der Waals surface area (Å²) in [6.45, 7) is 2.40. The molecule has 0 unspecified atom stereocenters. The first kappa shape index (κ1) is 8.47. The van der Waals surface area contributed by atoms with Gasteiger partial charge in [-0.3, -0.25) is 0 Å². The van der Waals surface area contributed by atoms with Gasteiger partial charge in [-0.05, 0) is 19.1 Å². The standard InChI is InChI=1S/C9H10N2OS/c1-6-2-3-8(12-6)9-11-7(4-10)5-13-9/h2-3,5H,4,10H2,1H3. The second-order valence-electron chi connectivity index (χ2n) is 2.76. The monoisotopic (exact) mass is 194 g/mol. The highest BCUT2D eigenvalue weighted by Gasteiger charge is 2.06. The van der Waals surface area contributed by atoms with Crippen molar-refractivity contribution >= 4 is 11.3 Å². The first-order chi connectivity index (χ1) is 6.29. The molecule has 0 aliphatic rings. The molecule has 3 nitrogen and oxygen atoms in total. The Labute approximate surface area is 80.2 Å². The van der Waals surface area contributed by atoms with E-state index in [1.165, 1.54) is 0 Å². The first-order valence-electron chi connectivity index (χ1n) is 4.01. The zero-order chi connectivity index (χ0) is 9.26. The van der Waals surface area contributed by atoms with Crippen LogP contribution >= 0.6 is 11.3 Å². The summed E-state index contributed by atoms with van der Waals surface area (Å²) in [5.74, 6) is 1.72. The Bertz CT molecular complexity index is 405. The maximum absolute atomic E-state index is 5.46. The summed E-state index contributed by atoms with van der Waals surface area (Å²) in [4.78, 5) is 4.31. The van der Waals surface area contributed by atoms with E-state index in [1.54, 1.807) is 11.3 Å². The van der Waals surface area contributed by atoms with Crippen molar-refractivity contribution in [1.29, 1.82) is 0 Å². The molecule has 0 aliphatic heterocycles.